The Kier molecular flexibility index (Phi) is 6.18. The number of nitrogens with one attached hydrogen (secondary N) is 1. The number of imide groups is 1. The largest absolute Gasteiger partial charge is 0.433 e. The molecular formula is C24H31F3N4O3. The van der Waals surface area contributed by atoms with Gasteiger partial charge in [0.05, 0.1) is 5.69 Å². The molecule has 34 heavy (non-hydrogen) atoms. The first-order valence-corrected chi connectivity index (χ1v) is 12.5. The lowest BCUT2D eigenvalue weighted by Crippen LogP contribution is -2.53. The Hall–Kier alpha value is -2.39. The van der Waals surface area contributed by atoms with Gasteiger partial charge in [0.2, 0.25) is 17.7 Å². The summed E-state index contributed by atoms with van der Waals surface area (Å²) in [6.07, 6.45) is 2.98. The number of aromatic nitrogens is 2. The molecule has 7 nitrogen and oxygen atoms in total. The van der Waals surface area contributed by atoms with Crippen molar-refractivity contribution in [3.8, 4) is 0 Å². The maximum absolute atomic E-state index is 13.8. The number of halogens is 3. The second kappa shape index (κ2) is 9.00. The molecule has 4 atom stereocenters. The summed E-state index contributed by atoms with van der Waals surface area (Å²) in [6, 6.07) is 0.573. The van der Waals surface area contributed by atoms with Crippen molar-refractivity contribution in [2.75, 3.05) is 6.54 Å². The highest BCUT2D eigenvalue weighted by molar-refractivity contribution is 6.02. The minimum absolute atomic E-state index is 0.0190. The normalized spacial score (nSPS) is 31.0. The lowest BCUT2D eigenvalue weighted by Gasteiger charge is -2.29. The Morgan fingerprint density at radius 1 is 1.03 bits per heavy atom. The highest BCUT2D eigenvalue weighted by atomic mass is 19.4. The van der Waals surface area contributed by atoms with Gasteiger partial charge in [-0.2, -0.15) is 18.3 Å². The smallest absolute Gasteiger partial charge is 0.330 e. The molecule has 3 heterocycles. The van der Waals surface area contributed by atoms with E-state index in [1.807, 2.05) is 0 Å². The summed E-state index contributed by atoms with van der Waals surface area (Å²) >= 11 is 0. The van der Waals surface area contributed by atoms with Crippen molar-refractivity contribution in [2.24, 2.45) is 17.8 Å². The van der Waals surface area contributed by atoms with Gasteiger partial charge in [-0.3, -0.25) is 24.4 Å². The molecule has 0 radical (unpaired) electrons. The number of carbonyl (C=O) groups is 3. The van der Waals surface area contributed by atoms with Gasteiger partial charge in [-0.05, 0) is 56.4 Å². The van der Waals surface area contributed by atoms with Crippen LogP contribution in [0.15, 0.2) is 6.07 Å². The van der Waals surface area contributed by atoms with Crippen molar-refractivity contribution >= 4 is 17.7 Å². The van der Waals surface area contributed by atoms with E-state index in [4.69, 9.17) is 0 Å². The maximum atomic E-state index is 13.8. The quantitative estimate of drug-likeness (QED) is 0.667. The van der Waals surface area contributed by atoms with E-state index in [0.717, 1.165) is 32.1 Å². The first-order valence-electron chi connectivity index (χ1n) is 12.5. The molecule has 4 aliphatic rings. The second-order valence-corrected chi connectivity index (χ2v) is 10.5. The Balaban J connectivity index is 1.31. The third-order valence-corrected chi connectivity index (χ3v) is 8.26. The van der Waals surface area contributed by atoms with Crippen LogP contribution in [0.5, 0.6) is 0 Å². The summed E-state index contributed by atoms with van der Waals surface area (Å²) in [6.45, 7) is 0.705. The summed E-state index contributed by atoms with van der Waals surface area (Å²) in [4.78, 5) is 38.3. The average Bonchev–Trinajstić information content (AvgIpc) is 3.36. The number of rotatable bonds is 4. The topological polar surface area (TPSA) is 84.3 Å². The Morgan fingerprint density at radius 2 is 1.79 bits per heavy atom. The van der Waals surface area contributed by atoms with Crippen LogP contribution in [-0.4, -0.2) is 45.0 Å². The number of piperidine rings is 1. The molecule has 0 bridgehead atoms. The Morgan fingerprint density at radius 3 is 2.50 bits per heavy atom. The van der Waals surface area contributed by atoms with Gasteiger partial charge in [0.15, 0.2) is 0 Å². The zero-order valence-corrected chi connectivity index (χ0v) is 19.1. The summed E-state index contributed by atoms with van der Waals surface area (Å²) < 4.78 is 42.6. The van der Waals surface area contributed by atoms with E-state index in [9.17, 15) is 27.6 Å². The summed E-state index contributed by atoms with van der Waals surface area (Å²) in [7, 11) is 0. The molecule has 10 heteroatoms. The number of likely N-dealkylation sites (tertiary alicyclic amines) is 1. The molecular weight excluding hydrogens is 449 g/mol. The lowest BCUT2D eigenvalue weighted by atomic mass is 9.74. The van der Waals surface area contributed by atoms with Crippen LogP contribution < -0.4 is 5.32 Å². The van der Waals surface area contributed by atoms with Gasteiger partial charge < -0.3 is 4.90 Å². The average molecular weight is 481 g/mol. The molecule has 1 aromatic rings. The minimum Gasteiger partial charge on any atom is -0.330 e. The minimum atomic E-state index is -4.46. The summed E-state index contributed by atoms with van der Waals surface area (Å²) in [5.74, 6) is -0.970. The first kappa shape index (κ1) is 23.4. The number of amides is 3. The molecule has 0 aromatic carbocycles. The monoisotopic (exact) mass is 480 g/mol. The lowest BCUT2D eigenvalue weighted by molar-refractivity contribution is -0.145. The van der Waals surface area contributed by atoms with E-state index < -0.39 is 23.8 Å². The van der Waals surface area contributed by atoms with E-state index in [2.05, 4.69) is 10.4 Å². The van der Waals surface area contributed by atoms with Crippen LogP contribution >= 0.6 is 0 Å². The van der Waals surface area contributed by atoms with Crippen LogP contribution in [0, 0.1) is 17.8 Å². The zero-order valence-electron chi connectivity index (χ0n) is 19.1. The van der Waals surface area contributed by atoms with E-state index in [1.54, 1.807) is 4.90 Å². The molecule has 4 unspecified atom stereocenters. The zero-order chi connectivity index (χ0) is 24.0. The van der Waals surface area contributed by atoms with Gasteiger partial charge in [-0.1, -0.05) is 19.3 Å². The number of hydrogen-bond donors (Lipinski definition) is 1. The van der Waals surface area contributed by atoms with Gasteiger partial charge in [0.25, 0.3) is 0 Å². The van der Waals surface area contributed by atoms with Crippen LogP contribution in [0.2, 0.25) is 0 Å². The Labute approximate surface area is 196 Å². The predicted octanol–water partition coefficient (Wildman–Crippen LogP) is 3.63. The van der Waals surface area contributed by atoms with Crippen molar-refractivity contribution in [1.29, 1.82) is 0 Å². The maximum Gasteiger partial charge on any atom is 0.433 e. The van der Waals surface area contributed by atoms with Crippen molar-refractivity contribution in [2.45, 2.75) is 88.9 Å². The molecule has 4 fully saturated rings. The number of hydrogen-bond acceptors (Lipinski definition) is 4. The van der Waals surface area contributed by atoms with Gasteiger partial charge in [0.1, 0.15) is 11.7 Å². The van der Waals surface area contributed by atoms with Gasteiger partial charge in [-0.25, -0.2) is 0 Å². The Bertz CT molecular complexity index is 969. The first-order chi connectivity index (χ1) is 16.2. The number of fused-ring (bicyclic) bond motifs is 1. The molecule has 3 amide bonds. The van der Waals surface area contributed by atoms with Gasteiger partial charge in [0, 0.05) is 31.3 Å². The SMILES string of the molecule is O=C1CCC(N2CC3CC(c4cc(C(F)(F)F)n(CC5CCCCC5)n4)CCC3C2=O)C(=O)N1. The standard InChI is InChI=1S/C24H31F3N4O3/c25-24(26,27)20-11-18(29-31(20)12-14-4-2-1-3-5-14)15-6-7-17-16(10-15)13-30(23(17)34)19-8-9-21(32)28-22(19)33/h11,14-17,19H,1-10,12-13H2,(H,28,32,33). The molecule has 2 saturated carbocycles. The highest BCUT2D eigenvalue weighted by Gasteiger charge is 2.49. The van der Waals surface area contributed by atoms with Crippen LogP contribution in [0.25, 0.3) is 0 Å². The molecule has 2 aliphatic carbocycles. The van der Waals surface area contributed by atoms with Crippen LogP contribution in [0.3, 0.4) is 0 Å². The van der Waals surface area contributed by atoms with E-state index in [1.165, 1.54) is 10.7 Å². The van der Waals surface area contributed by atoms with E-state index in [0.29, 0.717) is 44.5 Å². The molecule has 1 aromatic heterocycles. The van der Waals surface area contributed by atoms with Crippen molar-refractivity contribution < 1.29 is 27.6 Å². The van der Waals surface area contributed by atoms with Crippen LogP contribution in [0.1, 0.15) is 81.5 Å². The van der Waals surface area contributed by atoms with Crippen molar-refractivity contribution in [3.05, 3.63) is 17.5 Å². The molecule has 5 rings (SSSR count). The second-order valence-electron chi connectivity index (χ2n) is 10.5. The highest BCUT2D eigenvalue weighted by Crippen LogP contribution is 2.45. The van der Waals surface area contributed by atoms with Crippen LogP contribution in [-0.2, 0) is 27.1 Å². The molecule has 2 saturated heterocycles. The fourth-order valence-corrected chi connectivity index (χ4v) is 6.49. The van der Waals surface area contributed by atoms with Crippen molar-refractivity contribution in [1.82, 2.24) is 20.0 Å². The molecule has 0 spiro atoms. The molecule has 2 aliphatic heterocycles. The number of carbonyl (C=O) groups excluding carboxylic acids is 3. The molecule has 186 valence electrons. The van der Waals surface area contributed by atoms with E-state index in [-0.39, 0.29) is 41.9 Å². The van der Waals surface area contributed by atoms with E-state index >= 15 is 0 Å². The number of nitrogens with zero attached hydrogens (tertiary/aromatic N) is 3. The van der Waals surface area contributed by atoms with Crippen LogP contribution in [0.4, 0.5) is 13.2 Å². The fraction of sp³-hybridized carbons (Fsp3) is 0.750. The fourth-order valence-electron chi connectivity index (χ4n) is 6.49. The number of alkyl halides is 3. The molecule has 1 N–H and O–H groups in total. The van der Waals surface area contributed by atoms with Crippen molar-refractivity contribution in [3.63, 3.8) is 0 Å². The predicted molar refractivity (Wildman–Crippen MR) is 115 cm³/mol. The third-order valence-electron chi connectivity index (χ3n) is 8.26. The third kappa shape index (κ3) is 4.47. The van der Waals surface area contributed by atoms with Gasteiger partial charge in [-0.15, -0.1) is 0 Å². The summed E-state index contributed by atoms with van der Waals surface area (Å²) in [5, 5.41) is 6.76. The summed E-state index contributed by atoms with van der Waals surface area (Å²) in [5.41, 5.74) is -0.212. The van der Waals surface area contributed by atoms with Gasteiger partial charge >= 0.3 is 6.18 Å².